The van der Waals surface area contributed by atoms with Gasteiger partial charge in [0.1, 0.15) is 23.4 Å². The number of hydrogen-bond acceptors (Lipinski definition) is 6. The van der Waals surface area contributed by atoms with Gasteiger partial charge in [-0.25, -0.2) is 14.8 Å². The summed E-state index contributed by atoms with van der Waals surface area (Å²) in [4.78, 5) is 30.9. The molecule has 2 aromatic rings. The standard InChI is InChI=1S/C17H19N3O4/c1-11(21)14-9-15(19-10-18-14)23-13-7-5-6-12(8-13)20-16(22)24-17(2,3)4/h5-10H,1-4H3,(H,20,22). The zero-order chi connectivity index (χ0) is 17.7. The predicted octanol–water partition coefficient (Wildman–Crippen LogP) is 3.82. The van der Waals surface area contributed by atoms with Gasteiger partial charge < -0.3 is 9.47 Å². The van der Waals surface area contributed by atoms with Crippen molar-refractivity contribution in [1.29, 1.82) is 0 Å². The van der Waals surface area contributed by atoms with Crippen LogP contribution in [0, 0.1) is 0 Å². The van der Waals surface area contributed by atoms with E-state index in [1.165, 1.54) is 19.3 Å². The molecule has 1 aromatic carbocycles. The highest BCUT2D eigenvalue weighted by Crippen LogP contribution is 2.23. The van der Waals surface area contributed by atoms with Gasteiger partial charge in [-0.15, -0.1) is 0 Å². The molecular weight excluding hydrogens is 310 g/mol. The molecule has 0 saturated heterocycles. The van der Waals surface area contributed by atoms with Crippen molar-refractivity contribution in [3.05, 3.63) is 42.4 Å². The van der Waals surface area contributed by atoms with Crippen molar-refractivity contribution in [3.8, 4) is 11.6 Å². The molecule has 0 radical (unpaired) electrons. The summed E-state index contributed by atoms with van der Waals surface area (Å²) in [7, 11) is 0. The van der Waals surface area contributed by atoms with E-state index in [9.17, 15) is 9.59 Å². The summed E-state index contributed by atoms with van der Waals surface area (Å²) in [6, 6.07) is 8.21. The normalized spacial score (nSPS) is 10.8. The van der Waals surface area contributed by atoms with Crippen molar-refractivity contribution in [3.63, 3.8) is 0 Å². The van der Waals surface area contributed by atoms with E-state index in [0.717, 1.165) is 0 Å². The van der Waals surface area contributed by atoms with Crippen LogP contribution in [-0.4, -0.2) is 27.4 Å². The fourth-order valence-corrected chi connectivity index (χ4v) is 1.77. The SMILES string of the molecule is CC(=O)c1cc(Oc2cccc(NC(=O)OC(C)(C)C)c2)ncn1. The zero-order valence-corrected chi connectivity index (χ0v) is 14.0. The second-order valence-electron chi connectivity index (χ2n) is 6.05. The highest BCUT2D eigenvalue weighted by atomic mass is 16.6. The summed E-state index contributed by atoms with van der Waals surface area (Å²) in [6.45, 7) is 6.77. The van der Waals surface area contributed by atoms with Crippen LogP contribution in [0.25, 0.3) is 0 Å². The lowest BCUT2D eigenvalue weighted by Crippen LogP contribution is -2.27. The van der Waals surface area contributed by atoms with Crippen LogP contribution in [-0.2, 0) is 4.74 Å². The van der Waals surface area contributed by atoms with Crippen LogP contribution in [0.3, 0.4) is 0 Å². The van der Waals surface area contributed by atoms with Crippen molar-refractivity contribution >= 4 is 17.6 Å². The molecule has 126 valence electrons. The maximum absolute atomic E-state index is 11.8. The first-order chi connectivity index (χ1) is 11.2. The number of Topliss-reactive ketones (excluding diaryl/α,β-unsaturated/α-hetero) is 1. The van der Waals surface area contributed by atoms with Gasteiger partial charge in [-0.05, 0) is 32.9 Å². The third-order valence-electron chi connectivity index (χ3n) is 2.70. The lowest BCUT2D eigenvalue weighted by molar-refractivity contribution is 0.0635. The van der Waals surface area contributed by atoms with Gasteiger partial charge in [0.15, 0.2) is 5.78 Å². The van der Waals surface area contributed by atoms with Gasteiger partial charge in [0.25, 0.3) is 0 Å². The Morgan fingerprint density at radius 2 is 1.88 bits per heavy atom. The Morgan fingerprint density at radius 3 is 2.54 bits per heavy atom. The van der Waals surface area contributed by atoms with Crippen molar-refractivity contribution in [2.75, 3.05) is 5.32 Å². The monoisotopic (exact) mass is 329 g/mol. The summed E-state index contributed by atoms with van der Waals surface area (Å²) in [5.74, 6) is 0.518. The number of rotatable bonds is 4. The number of amides is 1. The van der Waals surface area contributed by atoms with Crippen molar-refractivity contribution in [2.24, 2.45) is 0 Å². The largest absolute Gasteiger partial charge is 0.444 e. The molecule has 1 heterocycles. The minimum absolute atomic E-state index is 0.178. The van der Waals surface area contributed by atoms with Gasteiger partial charge in [0.2, 0.25) is 5.88 Å². The van der Waals surface area contributed by atoms with Crippen LogP contribution in [0.15, 0.2) is 36.7 Å². The van der Waals surface area contributed by atoms with E-state index in [4.69, 9.17) is 9.47 Å². The summed E-state index contributed by atoms with van der Waals surface area (Å²) >= 11 is 0. The van der Waals surface area contributed by atoms with Gasteiger partial charge in [-0.1, -0.05) is 6.07 Å². The molecule has 0 saturated carbocycles. The molecule has 1 amide bonds. The molecule has 1 N–H and O–H groups in total. The number of carbonyl (C=O) groups is 2. The number of aromatic nitrogens is 2. The predicted molar refractivity (Wildman–Crippen MR) is 88.4 cm³/mol. The number of carbonyl (C=O) groups excluding carboxylic acids is 2. The lowest BCUT2D eigenvalue weighted by atomic mass is 10.2. The van der Waals surface area contributed by atoms with Gasteiger partial charge in [-0.2, -0.15) is 0 Å². The van der Waals surface area contributed by atoms with E-state index in [0.29, 0.717) is 11.4 Å². The van der Waals surface area contributed by atoms with Gasteiger partial charge in [0, 0.05) is 24.7 Å². The fraction of sp³-hybridized carbons (Fsp3) is 0.294. The van der Waals surface area contributed by atoms with E-state index in [2.05, 4.69) is 15.3 Å². The molecule has 2 rings (SSSR count). The number of anilines is 1. The van der Waals surface area contributed by atoms with Gasteiger partial charge >= 0.3 is 6.09 Å². The van der Waals surface area contributed by atoms with Crippen molar-refractivity contribution in [1.82, 2.24) is 9.97 Å². The summed E-state index contributed by atoms with van der Waals surface area (Å²) in [5.41, 5.74) is 0.202. The fourth-order valence-electron chi connectivity index (χ4n) is 1.77. The maximum atomic E-state index is 11.8. The second-order valence-corrected chi connectivity index (χ2v) is 6.05. The topological polar surface area (TPSA) is 90.4 Å². The molecule has 0 aliphatic rings. The van der Waals surface area contributed by atoms with E-state index in [1.807, 2.05) is 0 Å². The average molecular weight is 329 g/mol. The second kappa shape index (κ2) is 7.08. The van der Waals surface area contributed by atoms with Crippen LogP contribution >= 0.6 is 0 Å². The quantitative estimate of drug-likeness (QED) is 0.858. The average Bonchev–Trinajstić information content (AvgIpc) is 2.45. The number of ether oxygens (including phenoxy) is 2. The Kier molecular flexibility index (Phi) is 5.13. The molecule has 0 spiro atoms. The molecule has 0 aliphatic carbocycles. The minimum Gasteiger partial charge on any atom is -0.444 e. The van der Waals surface area contributed by atoms with Crippen LogP contribution in [0.2, 0.25) is 0 Å². The highest BCUT2D eigenvalue weighted by Gasteiger charge is 2.16. The summed E-state index contributed by atoms with van der Waals surface area (Å²) < 4.78 is 10.8. The first-order valence-corrected chi connectivity index (χ1v) is 7.34. The molecule has 0 aliphatic heterocycles. The Bertz CT molecular complexity index is 753. The zero-order valence-electron chi connectivity index (χ0n) is 14.0. The molecule has 0 unspecified atom stereocenters. The molecule has 24 heavy (non-hydrogen) atoms. The van der Waals surface area contributed by atoms with Gasteiger partial charge in [-0.3, -0.25) is 10.1 Å². The molecular formula is C17H19N3O4. The number of hydrogen-bond donors (Lipinski definition) is 1. The van der Waals surface area contributed by atoms with E-state index >= 15 is 0 Å². The molecule has 0 fully saturated rings. The molecule has 7 nitrogen and oxygen atoms in total. The van der Waals surface area contributed by atoms with E-state index < -0.39 is 11.7 Å². The summed E-state index contributed by atoms with van der Waals surface area (Å²) in [6.07, 6.45) is 0.704. The van der Waals surface area contributed by atoms with Gasteiger partial charge in [0.05, 0.1) is 0 Å². The third kappa shape index (κ3) is 5.35. The van der Waals surface area contributed by atoms with Crippen LogP contribution in [0.4, 0.5) is 10.5 Å². The van der Waals surface area contributed by atoms with E-state index in [1.54, 1.807) is 45.0 Å². The Morgan fingerprint density at radius 1 is 1.12 bits per heavy atom. The number of ketones is 1. The highest BCUT2D eigenvalue weighted by molar-refractivity contribution is 5.92. The third-order valence-corrected chi connectivity index (χ3v) is 2.70. The smallest absolute Gasteiger partial charge is 0.412 e. The number of nitrogens with zero attached hydrogens (tertiary/aromatic N) is 2. The number of nitrogens with one attached hydrogen (secondary N) is 1. The Balaban J connectivity index is 2.09. The number of benzene rings is 1. The van der Waals surface area contributed by atoms with Crippen molar-refractivity contribution in [2.45, 2.75) is 33.3 Å². The van der Waals surface area contributed by atoms with Crippen molar-refractivity contribution < 1.29 is 19.1 Å². The molecule has 0 bridgehead atoms. The molecule has 0 atom stereocenters. The van der Waals surface area contributed by atoms with Crippen LogP contribution in [0.5, 0.6) is 11.6 Å². The van der Waals surface area contributed by atoms with Crippen LogP contribution < -0.4 is 10.1 Å². The van der Waals surface area contributed by atoms with E-state index in [-0.39, 0.29) is 17.4 Å². The Labute approximate surface area is 140 Å². The first-order valence-electron chi connectivity index (χ1n) is 7.34. The molecule has 1 aromatic heterocycles. The summed E-state index contributed by atoms with van der Waals surface area (Å²) in [5, 5.41) is 2.63. The molecule has 7 heteroatoms. The maximum Gasteiger partial charge on any atom is 0.412 e. The van der Waals surface area contributed by atoms with Crippen LogP contribution in [0.1, 0.15) is 38.2 Å². The lowest BCUT2D eigenvalue weighted by Gasteiger charge is -2.19. The minimum atomic E-state index is -0.581. The Hall–Kier alpha value is -2.96. The first kappa shape index (κ1) is 17.4.